The summed E-state index contributed by atoms with van der Waals surface area (Å²) >= 11 is 5.82. The van der Waals surface area contributed by atoms with Gasteiger partial charge in [0.25, 0.3) is 0 Å². The number of hydrogen-bond acceptors (Lipinski definition) is 2. The summed E-state index contributed by atoms with van der Waals surface area (Å²) in [7, 11) is 0. The standard InChI is InChI=1S/C13H17ClFNO/c14-9-5-6-11(15)10(7-9)12(16)13(17)8-3-1-2-4-8/h5-8,12-13,17H,1-4,16H2/t12-,13+/m1/s1. The molecule has 4 heteroatoms. The molecule has 3 N–H and O–H groups in total. The van der Waals surface area contributed by atoms with Crippen LogP contribution >= 0.6 is 11.6 Å². The third-order valence-electron chi connectivity index (χ3n) is 3.57. The summed E-state index contributed by atoms with van der Waals surface area (Å²) in [6.07, 6.45) is 3.48. The number of rotatable bonds is 3. The Morgan fingerprint density at radius 3 is 2.65 bits per heavy atom. The topological polar surface area (TPSA) is 46.2 Å². The van der Waals surface area contributed by atoms with Crippen LogP contribution in [0.2, 0.25) is 5.02 Å². The summed E-state index contributed by atoms with van der Waals surface area (Å²) in [5.74, 6) is -0.220. The fourth-order valence-electron chi connectivity index (χ4n) is 2.55. The van der Waals surface area contributed by atoms with Crippen molar-refractivity contribution < 1.29 is 9.50 Å². The molecule has 1 aromatic rings. The lowest BCUT2D eigenvalue weighted by Gasteiger charge is -2.25. The molecule has 0 heterocycles. The van der Waals surface area contributed by atoms with Gasteiger partial charge in [0, 0.05) is 10.6 Å². The van der Waals surface area contributed by atoms with Crippen molar-refractivity contribution in [2.75, 3.05) is 0 Å². The van der Waals surface area contributed by atoms with Crippen molar-refractivity contribution in [1.29, 1.82) is 0 Å². The average molecular weight is 258 g/mol. The van der Waals surface area contributed by atoms with Crippen LogP contribution in [-0.2, 0) is 0 Å². The molecule has 0 radical (unpaired) electrons. The lowest BCUT2D eigenvalue weighted by atomic mass is 9.91. The van der Waals surface area contributed by atoms with Gasteiger partial charge in [0.1, 0.15) is 5.82 Å². The Labute approximate surface area is 106 Å². The van der Waals surface area contributed by atoms with E-state index in [4.69, 9.17) is 17.3 Å². The van der Waals surface area contributed by atoms with Gasteiger partial charge in [-0.25, -0.2) is 4.39 Å². The Hall–Kier alpha value is -0.640. The SMILES string of the molecule is N[C@H](c1cc(Cl)ccc1F)[C@@H](O)C1CCCC1. The zero-order valence-electron chi connectivity index (χ0n) is 9.57. The van der Waals surface area contributed by atoms with Gasteiger partial charge in [0.2, 0.25) is 0 Å². The van der Waals surface area contributed by atoms with E-state index in [1.165, 1.54) is 18.2 Å². The molecule has 1 aliphatic rings. The molecule has 1 aromatic carbocycles. The molecule has 0 saturated heterocycles. The summed E-state index contributed by atoms with van der Waals surface area (Å²) in [5, 5.41) is 10.6. The quantitative estimate of drug-likeness (QED) is 0.874. The number of benzene rings is 1. The van der Waals surface area contributed by atoms with Gasteiger partial charge in [-0.1, -0.05) is 24.4 Å². The van der Waals surface area contributed by atoms with Crippen molar-refractivity contribution in [1.82, 2.24) is 0 Å². The molecule has 0 amide bonds. The molecule has 1 aliphatic carbocycles. The molecule has 2 nitrogen and oxygen atoms in total. The maximum atomic E-state index is 13.6. The van der Waals surface area contributed by atoms with Gasteiger partial charge in [-0.05, 0) is 37.0 Å². The van der Waals surface area contributed by atoms with E-state index in [1.54, 1.807) is 0 Å². The van der Waals surface area contributed by atoms with Crippen LogP contribution in [0.15, 0.2) is 18.2 Å². The number of halogens is 2. The largest absolute Gasteiger partial charge is 0.391 e. The van der Waals surface area contributed by atoms with E-state index in [-0.39, 0.29) is 5.92 Å². The van der Waals surface area contributed by atoms with Gasteiger partial charge in [0.05, 0.1) is 12.1 Å². The van der Waals surface area contributed by atoms with Crippen molar-refractivity contribution in [2.24, 2.45) is 11.7 Å². The molecule has 0 aromatic heterocycles. The highest BCUT2D eigenvalue weighted by atomic mass is 35.5. The maximum absolute atomic E-state index is 13.6. The molecule has 17 heavy (non-hydrogen) atoms. The minimum absolute atomic E-state index is 0.184. The van der Waals surface area contributed by atoms with E-state index in [0.717, 1.165) is 25.7 Å². The van der Waals surface area contributed by atoms with Crippen LogP contribution in [-0.4, -0.2) is 11.2 Å². The second-order valence-electron chi connectivity index (χ2n) is 4.73. The van der Waals surface area contributed by atoms with E-state index in [1.807, 2.05) is 0 Å². The number of aliphatic hydroxyl groups excluding tert-OH is 1. The summed E-state index contributed by atoms with van der Waals surface area (Å²) < 4.78 is 13.6. The second-order valence-corrected chi connectivity index (χ2v) is 5.16. The Morgan fingerprint density at radius 1 is 1.35 bits per heavy atom. The normalized spacial score (nSPS) is 20.5. The van der Waals surface area contributed by atoms with Crippen molar-refractivity contribution in [3.8, 4) is 0 Å². The van der Waals surface area contributed by atoms with Crippen molar-refractivity contribution in [3.63, 3.8) is 0 Å². The Kier molecular flexibility index (Phi) is 4.02. The molecule has 0 aliphatic heterocycles. The van der Waals surface area contributed by atoms with Gasteiger partial charge < -0.3 is 10.8 Å². The Bertz CT molecular complexity index is 393. The number of hydrogen-bond donors (Lipinski definition) is 2. The molecule has 94 valence electrons. The van der Waals surface area contributed by atoms with E-state index in [2.05, 4.69) is 0 Å². The average Bonchev–Trinajstić information content (AvgIpc) is 2.84. The van der Waals surface area contributed by atoms with E-state index >= 15 is 0 Å². The second kappa shape index (κ2) is 5.34. The fraction of sp³-hybridized carbons (Fsp3) is 0.538. The molecular weight excluding hydrogens is 241 g/mol. The maximum Gasteiger partial charge on any atom is 0.128 e. The molecule has 1 fully saturated rings. The lowest BCUT2D eigenvalue weighted by Crippen LogP contribution is -2.32. The smallest absolute Gasteiger partial charge is 0.128 e. The van der Waals surface area contributed by atoms with Crippen LogP contribution in [0.4, 0.5) is 4.39 Å². The van der Waals surface area contributed by atoms with Crippen LogP contribution in [0.25, 0.3) is 0 Å². The summed E-state index contributed by atoms with van der Waals surface area (Å²) in [6.45, 7) is 0. The minimum atomic E-state index is -0.697. The van der Waals surface area contributed by atoms with Crippen molar-refractivity contribution >= 4 is 11.6 Å². The van der Waals surface area contributed by atoms with Gasteiger partial charge in [-0.15, -0.1) is 0 Å². The summed E-state index contributed by atoms with van der Waals surface area (Å²) in [4.78, 5) is 0. The highest BCUT2D eigenvalue weighted by molar-refractivity contribution is 6.30. The molecule has 2 atom stereocenters. The molecule has 0 bridgehead atoms. The Morgan fingerprint density at radius 2 is 2.00 bits per heavy atom. The van der Waals surface area contributed by atoms with E-state index < -0.39 is 18.0 Å². The molecule has 0 unspecified atom stereocenters. The highest BCUT2D eigenvalue weighted by Crippen LogP contribution is 2.33. The van der Waals surface area contributed by atoms with Crippen LogP contribution < -0.4 is 5.73 Å². The van der Waals surface area contributed by atoms with Crippen LogP contribution in [0.3, 0.4) is 0 Å². The monoisotopic (exact) mass is 257 g/mol. The van der Waals surface area contributed by atoms with E-state index in [9.17, 15) is 9.50 Å². The van der Waals surface area contributed by atoms with Crippen LogP contribution in [0.5, 0.6) is 0 Å². The van der Waals surface area contributed by atoms with Crippen molar-refractivity contribution in [2.45, 2.75) is 37.8 Å². The minimum Gasteiger partial charge on any atom is -0.391 e. The van der Waals surface area contributed by atoms with E-state index in [0.29, 0.717) is 10.6 Å². The van der Waals surface area contributed by atoms with Crippen molar-refractivity contribution in [3.05, 3.63) is 34.6 Å². The predicted octanol–water partition coefficient (Wildman–Crippen LogP) is 3.03. The summed E-state index contributed by atoms with van der Waals surface area (Å²) in [5.41, 5.74) is 6.24. The first-order valence-corrected chi connectivity index (χ1v) is 6.36. The van der Waals surface area contributed by atoms with Crippen LogP contribution in [0, 0.1) is 11.7 Å². The third kappa shape index (κ3) is 2.79. The molecular formula is C13H17ClFNO. The van der Waals surface area contributed by atoms with Gasteiger partial charge in [-0.3, -0.25) is 0 Å². The Balaban J connectivity index is 2.17. The number of aliphatic hydroxyl groups is 1. The zero-order valence-corrected chi connectivity index (χ0v) is 10.3. The molecule has 1 saturated carbocycles. The third-order valence-corrected chi connectivity index (χ3v) is 3.80. The molecule has 2 rings (SSSR count). The zero-order chi connectivity index (χ0) is 12.4. The first kappa shape index (κ1) is 12.8. The first-order chi connectivity index (χ1) is 8.09. The van der Waals surface area contributed by atoms with Crippen LogP contribution in [0.1, 0.15) is 37.3 Å². The van der Waals surface area contributed by atoms with Gasteiger partial charge in [0.15, 0.2) is 0 Å². The number of nitrogens with two attached hydrogens (primary N) is 1. The molecule has 0 spiro atoms. The first-order valence-electron chi connectivity index (χ1n) is 5.98. The van der Waals surface area contributed by atoms with Gasteiger partial charge >= 0.3 is 0 Å². The van der Waals surface area contributed by atoms with Gasteiger partial charge in [-0.2, -0.15) is 0 Å². The summed E-state index contributed by atoms with van der Waals surface area (Å²) in [6, 6.07) is 3.57. The fourth-order valence-corrected chi connectivity index (χ4v) is 2.73. The predicted molar refractivity (Wildman–Crippen MR) is 66.3 cm³/mol. The lowest BCUT2D eigenvalue weighted by molar-refractivity contribution is 0.0833. The highest BCUT2D eigenvalue weighted by Gasteiger charge is 2.30.